The Morgan fingerprint density at radius 3 is 2.52 bits per heavy atom. The van der Waals surface area contributed by atoms with E-state index >= 15 is 0 Å². The number of carbonyl (C=O) groups excluding carboxylic acids is 2. The fourth-order valence-corrected chi connectivity index (χ4v) is 3.12. The highest BCUT2D eigenvalue weighted by Gasteiger charge is 2.09. The minimum Gasteiger partial charge on any atom is -0.497 e. The highest BCUT2D eigenvalue weighted by atomic mass is 32.1. The highest BCUT2D eigenvalue weighted by molar-refractivity contribution is 7.14. The van der Waals surface area contributed by atoms with Crippen LogP contribution in [0.5, 0.6) is 5.75 Å². The van der Waals surface area contributed by atoms with Crippen LogP contribution in [0.25, 0.3) is 11.3 Å². The second-order valence-corrected chi connectivity index (χ2v) is 6.54. The molecule has 3 aromatic rings. The number of nitrogens with zero attached hydrogens (tertiary/aromatic N) is 1. The third-order valence-corrected chi connectivity index (χ3v) is 4.57. The topological polar surface area (TPSA) is 80.3 Å². The summed E-state index contributed by atoms with van der Waals surface area (Å²) in [5.41, 5.74) is 2.31. The van der Waals surface area contributed by atoms with Crippen molar-refractivity contribution in [3.8, 4) is 17.0 Å². The molecular formula is C20H19N3O3S. The zero-order chi connectivity index (χ0) is 19.1. The van der Waals surface area contributed by atoms with Crippen LogP contribution in [0.4, 0.5) is 5.13 Å². The second-order valence-electron chi connectivity index (χ2n) is 5.69. The van der Waals surface area contributed by atoms with Crippen molar-refractivity contribution in [2.45, 2.75) is 6.42 Å². The first-order valence-corrected chi connectivity index (χ1v) is 9.27. The van der Waals surface area contributed by atoms with Crippen molar-refractivity contribution in [1.82, 2.24) is 10.3 Å². The van der Waals surface area contributed by atoms with E-state index in [-0.39, 0.29) is 24.8 Å². The fraction of sp³-hybridized carbons (Fsp3) is 0.150. The van der Waals surface area contributed by atoms with Gasteiger partial charge in [-0.1, -0.05) is 18.2 Å². The predicted molar refractivity (Wildman–Crippen MR) is 106 cm³/mol. The minimum atomic E-state index is -0.195. The Labute approximate surface area is 161 Å². The van der Waals surface area contributed by atoms with Crippen LogP contribution in [0, 0.1) is 0 Å². The minimum absolute atomic E-state index is 0.177. The Hall–Kier alpha value is -3.19. The molecule has 1 aromatic heterocycles. The summed E-state index contributed by atoms with van der Waals surface area (Å²) in [4.78, 5) is 28.4. The van der Waals surface area contributed by atoms with Gasteiger partial charge in [-0.15, -0.1) is 11.3 Å². The van der Waals surface area contributed by atoms with Crippen molar-refractivity contribution in [2.75, 3.05) is 19.0 Å². The van der Waals surface area contributed by atoms with E-state index in [1.807, 2.05) is 35.7 Å². The molecule has 0 saturated heterocycles. The van der Waals surface area contributed by atoms with E-state index in [0.29, 0.717) is 10.7 Å². The molecule has 0 aliphatic carbocycles. The number of hydrogen-bond donors (Lipinski definition) is 2. The van der Waals surface area contributed by atoms with Gasteiger partial charge in [0.1, 0.15) is 5.75 Å². The van der Waals surface area contributed by atoms with Gasteiger partial charge < -0.3 is 15.4 Å². The van der Waals surface area contributed by atoms with Gasteiger partial charge in [-0.05, 0) is 36.4 Å². The van der Waals surface area contributed by atoms with Gasteiger partial charge in [-0.2, -0.15) is 0 Å². The van der Waals surface area contributed by atoms with E-state index in [4.69, 9.17) is 4.74 Å². The number of carbonyl (C=O) groups is 2. The molecule has 0 spiro atoms. The van der Waals surface area contributed by atoms with E-state index in [1.165, 1.54) is 11.3 Å². The molecule has 1 heterocycles. The molecule has 0 saturated carbocycles. The van der Waals surface area contributed by atoms with Crippen molar-refractivity contribution in [3.63, 3.8) is 0 Å². The largest absolute Gasteiger partial charge is 0.497 e. The van der Waals surface area contributed by atoms with E-state index < -0.39 is 0 Å². The number of anilines is 1. The summed E-state index contributed by atoms with van der Waals surface area (Å²) in [6.07, 6.45) is 0.177. The van der Waals surface area contributed by atoms with Crippen LogP contribution in [0.15, 0.2) is 60.0 Å². The summed E-state index contributed by atoms with van der Waals surface area (Å²) in [5, 5.41) is 7.90. The van der Waals surface area contributed by atoms with E-state index in [0.717, 1.165) is 17.0 Å². The predicted octanol–water partition coefficient (Wildman–Crippen LogP) is 3.58. The lowest BCUT2D eigenvalue weighted by Crippen LogP contribution is -2.27. The summed E-state index contributed by atoms with van der Waals surface area (Å²) in [5.74, 6) is 0.387. The highest BCUT2D eigenvalue weighted by Crippen LogP contribution is 2.26. The molecule has 2 N–H and O–H groups in total. The molecule has 27 heavy (non-hydrogen) atoms. The summed E-state index contributed by atoms with van der Waals surface area (Å²) >= 11 is 1.36. The van der Waals surface area contributed by atoms with Crippen LogP contribution in [0.2, 0.25) is 0 Å². The number of aromatic nitrogens is 1. The number of nitrogens with one attached hydrogen (secondary N) is 2. The lowest BCUT2D eigenvalue weighted by molar-refractivity contribution is -0.116. The molecule has 2 amide bonds. The molecule has 0 aliphatic rings. The van der Waals surface area contributed by atoms with Crippen LogP contribution in [-0.4, -0.2) is 30.5 Å². The monoisotopic (exact) mass is 381 g/mol. The average molecular weight is 381 g/mol. The zero-order valence-electron chi connectivity index (χ0n) is 14.8. The first-order chi connectivity index (χ1) is 13.2. The zero-order valence-corrected chi connectivity index (χ0v) is 15.6. The van der Waals surface area contributed by atoms with Crippen molar-refractivity contribution >= 4 is 28.3 Å². The molecule has 0 unspecified atom stereocenters. The van der Waals surface area contributed by atoms with Crippen molar-refractivity contribution in [1.29, 1.82) is 0 Å². The number of hydrogen-bond acceptors (Lipinski definition) is 5. The van der Waals surface area contributed by atoms with Gasteiger partial charge in [0.05, 0.1) is 12.8 Å². The standard InChI is InChI=1S/C20H19N3O3S/c1-26-16-9-7-14(8-10-16)17-13-27-20(22-17)23-18(24)11-12-21-19(25)15-5-3-2-4-6-15/h2-10,13H,11-12H2,1H3,(H,21,25)(H,22,23,24). The molecule has 2 aromatic carbocycles. The molecule has 3 rings (SSSR count). The third-order valence-electron chi connectivity index (χ3n) is 3.81. The Balaban J connectivity index is 1.48. The molecule has 0 bridgehead atoms. The lowest BCUT2D eigenvalue weighted by Gasteiger charge is -2.05. The van der Waals surface area contributed by atoms with Crippen LogP contribution in [0.3, 0.4) is 0 Å². The van der Waals surface area contributed by atoms with Crippen LogP contribution in [-0.2, 0) is 4.79 Å². The smallest absolute Gasteiger partial charge is 0.251 e. The summed E-state index contributed by atoms with van der Waals surface area (Å²) in [7, 11) is 1.62. The lowest BCUT2D eigenvalue weighted by atomic mass is 10.2. The van der Waals surface area contributed by atoms with E-state index in [9.17, 15) is 9.59 Å². The van der Waals surface area contributed by atoms with Crippen LogP contribution >= 0.6 is 11.3 Å². The maximum absolute atomic E-state index is 12.0. The maximum atomic E-state index is 12.0. The van der Waals surface area contributed by atoms with Crippen LogP contribution < -0.4 is 15.4 Å². The quantitative estimate of drug-likeness (QED) is 0.656. The number of amides is 2. The van der Waals surface area contributed by atoms with Crippen LogP contribution in [0.1, 0.15) is 16.8 Å². The number of ether oxygens (including phenoxy) is 1. The number of thiazole rings is 1. The summed E-state index contributed by atoms with van der Waals surface area (Å²) in [6.45, 7) is 0.260. The molecule has 0 atom stereocenters. The third kappa shape index (κ3) is 5.15. The number of methoxy groups -OCH3 is 1. The summed E-state index contributed by atoms with van der Waals surface area (Å²) in [6, 6.07) is 16.5. The number of rotatable bonds is 7. The van der Waals surface area contributed by atoms with Crippen molar-refractivity contribution < 1.29 is 14.3 Å². The average Bonchev–Trinajstić information content (AvgIpc) is 3.17. The molecule has 0 radical (unpaired) electrons. The van der Waals surface area contributed by atoms with Gasteiger partial charge in [0.15, 0.2) is 5.13 Å². The molecular weight excluding hydrogens is 362 g/mol. The first kappa shape index (κ1) is 18.6. The van der Waals surface area contributed by atoms with E-state index in [1.54, 1.807) is 31.4 Å². The van der Waals surface area contributed by atoms with Crippen molar-refractivity contribution in [2.24, 2.45) is 0 Å². The molecule has 7 heteroatoms. The first-order valence-electron chi connectivity index (χ1n) is 8.39. The van der Waals surface area contributed by atoms with Crippen molar-refractivity contribution in [3.05, 3.63) is 65.5 Å². The maximum Gasteiger partial charge on any atom is 0.251 e. The number of benzene rings is 2. The van der Waals surface area contributed by atoms with Gasteiger partial charge >= 0.3 is 0 Å². The fourth-order valence-electron chi connectivity index (χ4n) is 2.39. The second kappa shape index (κ2) is 8.95. The van der Waals surface area contributed by atoms with Gasteiger partial charge in [0, 0.05) is 29.5 Å². The Bertz CT molecular complexity index is 908. The molecule has 0 aliphatic heterocycles. The van der Waals surface area contributed by atoms with Gasteiger partial charge in [-0.25, -0.2) is 4.98 Å². The summed E-state index contributed by atoms with van der Waals surface area (Å²) < 4.78 is 5.14. The van der Waals surface area contributed by atoms with Gasteiger partial charge in [0.2, 0.25) is 5.91 Å². The molecule has 138 valence electrons. The molecule has 0 fully saturated rings. The Kier molecular flexibility index (Phi) is 6.17. The van der Waals surface area contributed by atoms with Gasteiger partial charge in [0.25, 0.3) is 5.91 Å². The Morgan fingerprint density at radius 2 is 1.81 bits per heavy atom. The van der Waals surface area contributed by atoms with E-state index in [2.05, 4.69) is 15.6 Å². The van der Waals surface area contributed by atoms with Gasteiger partial charge in [-0.3, -0.25) is 9.59 Å². The Morgan fingerprint density at radius 1 is 1.07 bits per heavy atom. The normalized spacial score (nSPS) is 10.3. The molecule has 6 nitrogen and oxygen atoms in total. The SMILES string of the molecule is COc1ccc(-c2csc(NC(=O)CCNC(=O)c3ccccc3)n2)cc1.